The monoisotopic (exact) mass is 271 g/mol. The van der Waals surface area contributed by atoms with E-state index in [1.165, 1.54) is 57.8 Å². The van der Waals surface area contributed by atoms with Crippen LogP contribution >= 0.6 is 0 Å². The first kappa shape index (κ1) is 18.9. The highest BCUT2D eigenvalue weighted by Gasteiger charge is 2.27. The largest absolute Gasteiger partial charge is 0.374 e. The second kappa shape index (κ2) is 11.7. The first-order valence-corrected chi connectivity index (χ1v) is 8.39. The van der Waals surface area contributed by atoms with Crippen molar-refractivity contribution < 1.29 is 4.74 Å². The van der Waals surface area contributed by atoms with E-state index in [1.54, 1.807) is 0 Å². The van der Waals surface area contributed by atoms with E-state index in [0.717, 1.165) is 6.61 Å². The van der Waals surface area contributed by atoms with Crippen LogP contribution in [0.5, 0.6) is 0 Å². The summed E-state index contributed by atoms with van der Waals surface area (Å²) in [4.78, 5) is 0. The molecule has 0 radical (unpaired) electrons. The summed E-state index contributed by atoms with van der Waals surface area (Å²) in [5.74, 6) is 0. The molecule has 0 aromatic carbocycles. The summed E-state index contributed by atoms with van der Waals surface area (Å²) in [6, 6.07) is 0.465. The van der Waals surface area contributed by atoms with Crippen molar-refractivity contribution in [2.75, 3.05) is 13.7 Å². The van der Waals surface area contributed by atoms with Crippen LogP contribution in [0.15, 0.2) is 0 Å². The van der Waals surface area contributed by atoms with Crippen LogP contribution in [-0.2, 0) is 4.74 Å². The lowest BCUT2D eigenvalue weighted by molar-refractivity contribution is -0.0388. The molecular formula is C17H37NO. The van der Waals surface area contributed by atoms with Crippen LogP contribution in [0, 0.1) is 0 Å². The van der Waals surface area contributed by atoms with Gasteiger partial charge in [-0.2, -0.15) is 0 Å². The maximum Gasteiger partial charge on any atom is 0.0778 e. The van der Waals surface area contributed by atoms with E-state index in [-0.39, 0.29) is 5.60 Å². The number of nitrogens with one attached hydrogen (secondary N) is 1. The van der Waals surface area contributed by atoms with Gasteiger partial charge in [-0.15, -0.1) is 0 Å². The third kappa shape index (κ3) is 9.45. The zero-order valence-corrected chi connectivity index (χ0v) is 14.1. The van der Waals surface area contributed by atoms with Crippen LogP contribution in [-0.4, -0.2) is 25.3 Å². The molecule has 0 rings (SSSR count). The average molecular weight is 271 g/mol. The van der Waals surface area contributed by atoms with E-state index < -0.39 is 0 Å². The van der Waals surface area contributed by atoms with E-state index in [2.05, 4.69) is 40.1 Å². The van der Waals surface area contributed by atoms with Gasteiger partial charge >= 0.3 is 0 Å². The highest BCUT2D eigenvalue weighted by molar-refractivity contribution is 4.84. The molecule has 2 nitrogen and oxygen atoms in total. The number of unbranched alkanes of at least 4 members (excludes halogenated alkanes) is 7. The predicted molar refractivity (Wildman–Crippen MR) is 85.8 cm³/mol. The van der Waals surface area contributed by atoms with Crippen molar-refractivity contribution in [2.45, 2.75) is 97.1 Å². The lowest BCUT2D eigenvalue weighted by Crippen LogP contribution is -2.47. The Morgan fingerprint density at radius 3 is 1.89 bits per heavy atom. The van der Waals surface area contributed by atoms with E-state index >= 15 is 0 Å². The van der Waals surface area contributed by atoms with Gasteiger partial charge in [-0.3, -0.25) is 0 Å². The van der Waals surface area contributed by atoms with Crippen LogP contribution in [0.2, 0.25) is 0 Å². The molecule has 0 saturated carbocycles. The van der Waals surface area contributed by atoms with Crippen LogP contribution in [0.1, 0.15) is 85.5 Å². The fourth-order valence-electron chi connectivity index (χ4n) is 2.79. The Labute approximate surface area is 121 Å². The van der Waals surface area contributed by atoms with Gasteiger partial charge in [-0.25, -0.2) is 0 Å². The molecule has 0 amide bonds. The highest BCUT2D eigenvalue weighted by atomic mass is 16.5. The minimum atomic E-state index is -0.0510. The van der Waals surface area contributed by atoms with Gasteiger partial charge in [0.1, 0.15) is 0 Å². The normalized spacial score (nSPS) is 13.7. The molecule has 1 N–H and O–H groups in total. The van der Waals surface area contributed by atoms with Gasteiger partial charge in [-0.1, -0.05) is 58.3 Å². The molecule has 2 heteroatoms. The Morgan fingerprint density at radius 1 is 0.895 bits per heavy atom. The molecule has 19 heavy (non-hydrogen) atoms. The van der Waals surface area contributed by atoms with Crippen LogP contribution < -0.4 is 5.32 Å². The van der Waals surface area contributed by atoms with Gasteiger partial charge in [0.05, 0.1) is 5.60 Å². The van der Waals surface area contributed by atoms with Crippen LogP contribution in [0.25, 0.3) is 0 Å². The molecule has 1 unspecified atom stereocenters. The average Bonchev–Trinajstić information content (AvgIpc) is 2.36. The van der Waals surface area contributed by atoms with Gasteiger partial charge in [-0.05, 0) is 34.2 Å². The molecule has 116 valence electrons. The second-order valence-corrected chi connectivity index (χ2v) is 6.14. The second-order valence-electron chi connectivity index (χ2n) is 6.14. The summed E-state index contributed by atoms with van der Waals surface area (Å²) in [7, 11) is 2.05. The first-order chi connectivity index (χ1) is 9.08. The summed E-state index contributed by atoms with van der Waals surface area (Å²) < 4.78 is 5.84. The number of hydrogen-bond donors (Lipinski definition) is 1. The lowest BCUT2D eigenvalue weighted by atomic mass is 9.93. The molecule has 0 aromatic rings. The number of ether oxygens (including phenoxy) is 1. The Hall–Kier alpha value is -0.0800. The summed E-state index contributed by atoms with van der Waals surface area (Å²) in [5, 5.41) is 3.42. The van der Waals surface area contributed by atoms with Crippen LogP contribution in [0.3, 0.4) is 0 Å². The maximum atomic E-state index is 5.84. The van der Waals surface area contributed by atoms with Gasteiger partial charge in [0.2, 0.25) is 0 Å². The van der Waals surface area contributed by atoms with Crippen molar-refractivity contribution >= 4 is 0 Å². The minimum absolute atomic E-state index is 0.0510. The van der Waals surface area contributed by atoms with E-state index in [1.807, 2.05) is 0 Å². The molecule has 0 aliphatic rings. The van der Waals surface area contributed by atoms with Crippen molar-refractivity contribution in [1.82, 2.24) is 5.32 Å². The Bertz CT molecular complexity index is 192. The minimum Gasteiger partial charge on any atom is -0.374 e. The molecule has 0 spiro atoms. The third-order valence-electron chi connectivity index (χ3n) is 4.05. The van der Waals surface area contributed by atoms with Gasteiger partial charge in [0, 0.05) is 12.6 Å². The molecule has 0 aromatic heterocycles. The predicted octanol–water partition coefficient (Wildman–Crippen LogP) is 4.92. The van der Waals surface area contributed by atoms with E-state index in [0.29, 0.717) is 6.04 Å². The quantitative estimate of drug-likeness (QED) is 0.480. The zero-order chi connectivity index (χ0) is 14.6. The summed E-state index contributed by atoms with van der Waals surface area (Å²) in [5.41, 5.74) is -0.0510. The lowest BCUT2D eigenvalue weighted by Gasteiger charge is -2.34. The van der Waals surface area contributed by atoms with Crippen molar-refractivity contribution in [3.63, 3.8) is 0 Å². The fourth-order valence-corrected chi connectivity index (χ4v) is 2.79. The van der Waals surface area contributed by atoms with E-state index in [9.17, 15) is 0 Å². The molecule has 0 aliphatic carbocycles. The maximum absolute atomic E-state index is 5.84. The molecule has 0 fully saturated rings. The molecule has 0 heterocycles. The zero-order valence-electron chi connectivity index (χ0n) is 14.1. The van der Waals surface area contributed by atoms with Gasteiger partial charge in [0.25, 0.3) is 0 Å². The molecular weight excluding hydrogens is 234 g/mol. The third-order valence-corrected chi connectivity index (χ3v) is 4.05. The SMILES string of the molecule is CCCCCCCCCCC(NC)C(C)(C)OCC. The van der Waals surface area contributed by atoms with Crippen molar-refractivity contribution in [1.29, 1.82) is 0 Å². The standard InChI is InChI=1S/C17H37NO/c1-6-8-9-10-11-12-13-14-15-16(18-5)17(3,4)19-7-2/h16,18H,6-15H2,1-5H3. The van der Waals surface area contributed by atoms with Crippen LogP contribution in [0.4, 0.5) is 0 Å². The fraction of sp³-hybridized carbons (Fsp3) is 1.00. The molecule has 0 bridgehead atoms. The molecule has 0 saturated heterocycles. The molecule has 1 atom stereocenters. The number of likely N-dealkylation sites (N-methyl/N-ethyl adjacent to an activating group) is 1. The first-order valence-electron chi connectivity index (χ1n) is 8.39. The Balaban J connectivity index is 3.61. The smallest absolute Gasteiger partial charge is 0.0778 e. The van der Waals surface area contributed by atoms with Crippen molar-refractivity contribution in [3.05, 3.63) is 0 Å². The number of hydrogen-bond acceptors (Lipinski definition) is 2. The summed E-state index contributed by atoms with van der Waals surface area (Å²) in [6.07, 6.45) is 12.3. The Morgan fingerprint density at radius 2 is 1.42 bits per heavy atom. The summed E-state index contributed by atoms with van der Waals surface area (Å²) in [6.45, 7) is 9.54. The topological polar surface area (TPSA) is 21.3 Å². The highest BCUT2D eigenvalue weighted by Crippen LogP contribution is 2.20. The van der Waals surface area contributed by atoms with Gasteiger partial charge < -0.3 is 10.1 Å². The van der Waals surface area contributed by atoms with Crippen molar-refractivity contribution in [3.8, 4) is 0 Å². The number of rotatable bonds is 13. The van der Waals surface area contributed by atoms with Gasteiger partial charge in [0.15, 0.2) is 0 Å². The van der Waals surface area contributed by atoms with Crippen molar-refractivity contribution in [2.24, 2.45) is 0 Å². The Kier molecular flexibility index (Phi) is 11.7. The molecule has 0 aliphatic heterocycles. The van der Waals surface area contributed by atoms with E-state index in [4.69, 9.17) is 4.74 Å². The summed E-state index contributed by atoms with van der Waals surface area (Å²) >= 11 is 0.